The van der Waals surface area contributed by atoms with Crippen molar-refractivity contribution in [2.45, 2.75) is 33.0 Å². The molecule has 0 fully saturated rings. The summed E-state index contributed by atoms with van der Waals surface area (Å²) in [6.07, 6.45) is 2.27. The molecule has 1 aromatic heterocycles. The highest BCUT2D eigenvalue weighted by molar-refractivity contribution is 5.84. The van der Waals surface area contributed by atoms with Gasteiger partial charge in [0, 0.05) is 36.2 Å². The lowest BCUT2D eigenvalue weighted by Crippen LogP contribution is -2.12. The van der Waals surface area contributed by atoms with E-state index in [0.717, 1.165) is 18.8 Å². The predicted octanol–water partition coefficient (Wildman–Crippen LogP) is 4.52. The summed E-state index contributed by atoms with van der Waals surface area (Å²) in [4.78, 5) is 0. The summed E-state index contributed by atoms with van der Waals surface area (Å²) >= 11 is 0. The molecule has 120 valence electrons. The van der Waals surface area contributed by atoms with Crippen molar-refractivity contribution in [2.24, 2.45) is 0 Å². The number of aromatic nitrogens is 1. The molecule has 0 aliphatic heterocycles. The quantitative estimate of drug-likeness (QED) is 0.724. The largest absolute Gasteiger partial charge is 0.497 e. The third-order valence-corrected chi connectivity index (χ3v) is 4.18. The van der Waals surface area contributed by atoms with Crippen LogP contribution in [0.15, 0.2) is 54.7 Å². The van der Waals surface area contributed by atoms with E-state index in [4.69, 9.17) is 4.74 Å². The number of benzene rings is 2. The molecular formula is C20H24N2O. The van der Waals surface area contributed by atoms with Gasteiger partial charge in [0.25, 0.3) is 0 Å². The zero-order valence-electron chi connectivity index (χ0n) is 14.0. The molecular weight excluding hydrogens is 284 g/mol. The number of nitrogens with zero attached hydrogens (tertiary/aromatic N) is 1. The molecule has 0 atom stereocenters. The van der Waals surface area contributed by atoms with Gasteiger partial charge in [-0.15, -0.1) is 0 Å². The number of methoxy groups -OCH3 is 1. The average molecular weight is 308 g/mol. The zero-order valence-corrected chi connectivity index (χ0v) is 14.0. The second kappa shape index (κ2) is 6.88. The van der Waals surface area contributed by atoms with Gasteiger partial charge in [-0.25, -0.2) is 0 Å². The number of ether oxygens (including phenoxy) is 1. The Balaban J connectivity index is 1.71. The Morgan fingerprint density at radius 1 is 1.00 bits per heavy atom. The van der Waals surface area contributed by atoms with Crippen LogP contribution in [0.3, 0.4) is 0 Å². The van der Waals surface area contributed by atoms with Gasteiger partial charge in [-0.1, -0.05) is 30.3 Å². The standard InChI is InChI=1S/C20H24N2O/c1-15(2)22-14-17(19-6-4-5-7-20(19)22)13-21-12-16-8-10-18(23-3)11-9-16/h4-11,14-15,21H,12-13H2,1-3H3. The molecule has 0 unspecified atom stereocenters. The molecule has 0 aliphatic rings. The molecule has 3 aromatic rings. The molecule has 0 bridgehead atoms. The first kappa shape index (κ1) is 15.6. The highest BCUT2D eigenvalue weighted by Gasteiger charge is 2.09. The van der Waals surface area contributed by atoms with Crippen LogP contribution in [0.1, 0.15) is 31.0 Å². The van der Waals surface area contributed by atoms with Crippen LogP contribution in [0.25, 0.3) is 10.9 Å². The van der Waals surface area contributed by atoms with Gasteiger partial charge in [-0.05, 0) is 43.2 Å². The molecule has 23 heavy (non-hydrogen) atoms. The Kier molecular flexibility index (Phi) is 4.68. The van der Waals surface area contributed by atoms with Crippen molar-refractivity contribution in [2.75, 3.05) is 7.11 Å². The van der Waals surface area contributed by atoms with E-state index >= 15 is 0 Å². The molecule has 3 heteroatoms. The van der Waals surface area contributed by atoms with Crippen molar-refractivity contribution in [1.82, 2.24) is 9.88 Å². The van der Waals surface area contributed by atoms with E-state index in [-0.39, 0.29) is 0 Å². The minimum atomic E-state index is 0.468. The van der Waals surface area contributed by atoms with Crippen molar-refractivity contribution >= 4 is 10.9 Å². The minimum absolute atomic E-state index is 0.468. The number of para-hydroxylation sites is 1. The normalized spacial score (nSPS) is 11.3. The van der Waals surface area contributed by atoms with Crippen LogP contribution >= 0.6 is 0 Å². The van der Waals surface area contributed by atoms with Gasteiger partial charge in [-0.3, -0.25) is 0 Å². The zero-order chi connectivity index (χ0) is 16.2. The second-order valence-electron chi connectivity index (χ2n) is 6.12. The van der Waals surface area contributed by atoms with Crippen LogP contribution in [0.5, 0.6) is 5.75 Å². The molecule has 0 saturated carbocycles. The van der Waals surface area contributed by atoms with Gasteiger partial charge >= 0.3 is 0 Å². The number of hydrogen-bond acceptors (Lipinski definition) is 2. The first-order valence-electron chi connectivity index (χ1n) is 8.11. The Labute approximate surface area is 137 Å². The first-order chi connectivity index (χ1) is 11.2. The van der Waals surface area contributed by atoms with Crippen molar-refractivity contribution < 1.29 is 4.74 Å². The lowest BCUT2D eigenvalue weighted by atomic mass is 10.1. The summed E-state index contributed by atoms with van der Waals surface area (Å²) in [5.74, 6) is 0.897. The fraction of sp³-hybridized carbons (Fsp3) is 0.300. The summed E-state index contributed by atoms with van der Waals surface area (Å²) in [5.41, 5.74) is 3.92. The number of fused-ring (bicyclic) bond motifs is 1. The fourth-order valence-corrected chi connectivity index (χ4v) is 2.93. The average Bonchev–Trinajstić information content (AvgIpc) is 2.95. The third-order valence-electron chi connectivity index (χ3n) is 4.18. The van der Waals surface area contributed by atoms with E-state index in [1.165, 1.54) is 22.0 Å². The van der Waals surface area contributed by atoms with Crippen LogP contribution in [-0.4, -0.2) is 11.7 Å². The summed E-state index contributed by atoms with van der Waals surface area (Å²) in [7, 11) is 1.69. The predicted molar refractivity (Wildman–Crippen MR) is 95.9 cm³/mol. The summed E-state index contributed by atoms with van der Waals surface area (Å²) in [6, 6.07) is 17.3. The topological polar surface area (TPSA) is 26.2 Å². The molecule has 2 aromatic carbocycles. The Morgan fingerprint density at radius 2 is 1.74 bits per heavy atom. The number of rotatable bonds is 6. The highest BCUT2D eigenvalue weighted by Crippen LogP contribution is 2.24. The van der Waals surface area contributed by atoms with E-state index in [1.54, 1.807) is 7.11 Å². The minimum Gasteiger partial charge on any atom is -0.497 e. The van der Waals surface area contributed by atoms with Crippen LogP contribution in [-0.2, 0) is 13.1 Å². The van der Waals surface area contributed by atoms with Crippen LogP contribution in [0.4, 0.5) is 0 Å². The highest BCUT2D eigenvalue weighted by atomic mass is 16.5. The SMILES string of the molecule is COc1ccc(CNCc2cn(C(C)C)c3ccccc23)cc1. The Morgan fingerprint density at radius 3 is 2.43 bits per heavy atom. The van der Waals surface area contributed by atoms with E-state index in [2.05, 4.69) is 66.3 Å². The smallest absolute Gasteiger partial charge is 0.118 e. The van der Waals surface area contributed by atoms with E-state index in [9.17, 15) is 0 Å². The molecule has 3 rings (SSSR count). The van der Waals surface area contributed by atoms with Crippen LogP contribution in [0.2, 0.25) is 0 Å². The fourth-order valence-electron chi connectivity index (χ4n) is 2.93. The third kappa shape index (κ3) is 3.40. The second-order valence-corrected chi connectivity index (χ2v) is 6.12. The summed E-state index contributed by atoms with van der Waals surface area (Å²) in [5, 5.41) is 4.88. The lowest BCUT2D eigenvalue weighted by Gasteiger charge is -2.08. The molecule has 3 nitrogen and oxygen atoms in total. The molecule has 0 aliphatic carbocycles. The lowest BCUT2D eigenvalue weighted by molar-refractivity contribution is 0.414. The van der Waals surface area contributed by atoms with E-state index < -0.39 is 0 Å². The molecule has 0 spiro atoms. The van der Waals surface area contributed by atoms with Gasteiger partial charge in [-0.2, -0.15) is 0 Å². The maximum Gasteiger partial charge on any atom is 0.118 e. The van der Waals surface area contributed by atoms with Gasteiger partial charge in [0.1, 0.15) is 5.75 Å². The summed E-state index contributed by atoms with van der Waals surface area (Å²) < 4.78 is 7.54. The molecule has 0 radical (unpaired) electrons. The molecule has 1 N–H and O–H groups in total. The van der Waals surface area contributed by atoms with Crippen molar-refractivity contribution in [3.63, 3.8) is 0 Å². The van der Waals surface area contributed by atoms with Gasteiger partial charge in [0.05, 0.1) is 7.11 Å². The van der Waals surface area contributed by atoms with Crippen molar-refractivity contribution in [3.8, 4) is 5.75 Å². The molecule has 1 heterocycles. The van der Waals surface area contributed by atoms with Gasteiger partial charge < -0.3 is 14.6 Å². The van der Waals surface area contributed by atoms with E-state index in [0.29, 0.717) is 6.04 Å². The van der Waals surface area contributed by atoms with Crippen LogP contribution in [0, 0.1) is 0 Å². The Bertz CT molecular complexity index is 772. The van der Waals surface area contributed by atoms with E-state index in [1.807, 2.05) is 12.1 Å². The van der Waals surface area contributed by atoms with Gasteiger partial charge in [0.2, 0.25) is 0 Å². The maximum atomic E-state index is 5.19. The van der Waals surface area contributed by atoms with Crippen LogP contribution < -0.4 is 10.1 Å². The van der Waals surface area contributed by atoms with Crippen molar-refractivity contribution in [1.29, 1.82) is 0 Å². The number of nitrogens with one attached hydrogen (secondary N) is 1. The maximum absolute atomic E-state index is 5.19. The molecule has 0 amide bonds. The summed E-state index contributed by atoms with van der Waals surface area (Å²) in [6.45, 7) is 6.17. The first-order valence-corrected chi connectivity index (χ1v) is 8.11. The number of hydrogen-bond donors (Lipinski definition) is 1. The van der Waals surface area contributed by atoms with Crippen molar-refractivity contribution in [3.05, 3.63) is 65.9 Å². The Hall–Kier alpha value is -2.26. The van der Waals surface area contributed by atoms with Gasteiger partial charge in [0.15, 0.2) is 0 Å². The monoisotopic (exact) mass is 308 g/mol. The molecule has 0 saturated heterocycles.